The molecule has 0 bridgehead atoms. The molecule has 0 aliphatic heterocycles. The zero-order valence-electron chi connectivity index (χ0n) is 18.6. The molecule has 34 heavy (non-hydrogen) atoms. The SMILES string of the molecule is COC(=O)C(NC(=O)OCC1c2ccccc2-c2ccccc21)c1ccc(OS(C)(=O)=O)cc1. The van der Waals surface area contributed by atoms with E-state index in [2.05, 4.69) is 5.32 Å². The molecule has 1 unspecified atom stereocenters. The Morgan fingerprint density at radius 3 is 2.00 bits per heavy atom. The molecule has 1 amide bonds. The van der Waals surface area contributed by atoms with E-state index in [4.69, 9.17) is 13.7 Å². The van der Waals surface area contributed by atoms with Crippen LogP contribution in [-0.2, 0) is 24.4 Å². The molecule has 8 nitrogen and oxygen atoms in total. The summed E-state index contributed by atoms with van der Waals surface area (Å²) in [5.41, 5.74) is 4.73. The monoisotopic (exact) mass is 481 g/mol. The lowest BCUT2D eigenvalue weighted by atomic mass is 9.98. The standard InChI is InChI=1S/C25H23NO7S/c1-31-24(27)23(16-11-13-17(14-12-16)33-34(2,29)30)26-25(28)32-15-22-20-9-5-3-7-18(20)19-8-4-6-10-21(19)22/h3-14,22-23H,15H2,1-2H3,(H,26,28). The van der Waals surface area contributed by atoms with Crippen LogP contribution in [0.1, 0.15) is 28.7 Å². The fraction of sp³-hybridized carbons (Fsp3) is 0.200. The lowest BCUT2D eigenvalue weighted by Crippen LogP contribution is -2.35. The van der Waals surface area contributed by atoms with Gasteiger partial charge >= 0.3 is 22.2 Å². The van der Waals surface area contributed by atoms with Crippen LogP contribution in [0.5, 0.6) is 5.75 Å². The Hall–Kier alpha value is -3.85. The van der Waals surface area contributed by atoms with E-state index in [9.17, 15) is 18.0 Å². The number of hydrogen-bond donors (Lipinski definition) is 1. The maximum absolute atomic E-state index is 12.6. The molecule has 1 aliphatic rings. The first-order valence-electron chi connectivity index (χ1n) is 10.5. The molecular weight excluding hydrogens is 458 g/mol. The summed E-state index contributed by atoms with van der Waals surface area (Å²) >= 11 is 0. The number of esters is 1. The van der Waals surface area contributed by atoms with Crippen LogP contribution in [0.25, 0.3) is 11.1 Å². The summed E-state index contributed by atoms with van der Waals surface area (Å²) in [5.74, 6) is -0.747. The smallest absolute Gasteiger partial charge is 0.408 e. The van der Waals surface area contributed by atoms with Crippen molar-refractivity contribution in [2.75, 3.05) is 20.0 Å². The average molecular weight is 482 g/mol. The van der Waals surface area contributed by atoms with Crippen LogP contribution < -0.4 is 9.50 Å². The van der Waals surface area contributed by atoms with Gasteiger partial charge in [0, 0.05) is 5.92 Å². The zero-order valence-corrected chi connectivity index (χ0v) is 19.4. The van der Waals surface area contributed by atoms with E-state index in [1.165, 1.54) is 31.4 Å². The summed E-state index contributed by atoms with van der Waals surface area (Å²) in [6.45, 7) is 0.0922. The van der Waals surface area contributed by atoms with Crippen LogP contribution >= 0.6 is 0 Å². The molecule has 0 saturated carbocycles. The quantitative estimate of drug-likeness (QED) is 0.404. The van der Waals surface area contributed by atoms with E-state index >= 15 is 0 Å². The lowest BCUT2D eigenvalue weighted by molar-refractivity contribution is -0.143. The molecule has 9 heteroatoms. The molecule has 1 N–H and O–H groups in total. The number of fused-ring (bicyclic) bond motifs is 3. The van der Waals surface area contributed by atoms with Crippen molar-refractivity contribution >= 4 is 22.2 Å². The third kappa shape index (κ3) is 5.04. The van der Waals surface area contributed by atoms with Crippen molar-refractivity contribution < 1.29 is 31.7 Å². The zero-order chi connectivity index (χ0) is 24.3. The van der Waals surface area contributed by atoms with Gasteiger partial charge in [-0.1, -0.05) is 60.7 Å². The molecule has 0 spiro atoms. The maximum Gasteiger partial charge on any atom is 0.408 e. The highest BCUT2D eigenvalue weighted by Gasteiger charge is 2.30. The van der Waals surface area contributed by atoms with Gasteiger partial charge in [-0.25, -0.2) is 9.59 Å². The number of hydrogen-bond acceptors (Lipinski definition) is 7. The van der Waals surface area contributed by atoms with Crippen molar-refractivity contribution in [2.24, 2.45) is 0 Å². The van der Waals surface area contributed by atoms with Gasteiger partial charge in [0.1, 0.15) is 12.4 Å². The van der Waals surface area contributed by atoms with Gasteiger partial charge in [0.2, 0.25) is 0 Å². The van der Waals surface area contributed by atoms with Crippen LogP contribution in [0.2, 0.25) is 0 Å². The Balaban J connectivity index is 1.47. The van der Waals surface area contributed by atoms with Gasteiger partial charge < -0.3 is 19.0 Å². The fourth-order valence-electron chi connectivity index (χ4n) is 4.04. The highest BCUT2D eigenvalue weighted by Crippen LogP contribution is 2.44. The van der Waals surface area contributed by atoms with Gasteiger partial charge in [0.05, 0.1) is 13.4 Å². The van der Waals surface area contributed by atoms with Crippen LogP contribution in [0.3, 0.4) is 0 Å². The van der Waals surface area contributed by atoms with E-state index in [0.29, 0.717) is 5.56 Å². The molecule has 0 heterocycles. The first-order valence-corrected chi connectivity index (χ1v) is 12.3. The second-order valence-corrected chi connectivity index (χ2v) is 9.36. The molecule has 0 saturated heterocycles. The number of nitrogens with one attached hydrogen (secondary N) is 1. The Morgan fingerprint density at radius 1 is 0.912 bits per heavy atom. The van der Waals surface area contributed by atoms with E-state index in [1.807, 2.05) is 48.5 Å². The van der Waals surface area contributed by atoms with Crippen molar-refractivity contribution in [1.29, 1.82) is 0 Å². The highest BCUT2D eigenvalue weighted by molar-refractivity contribution is 7.86. The van der Waals surface area contributed by atoms with Crippen molar-refractivity contribution in [3.8, 4) is 16.9 Å². The molecule has 0 aromatic heterocycles. The third-order valence-corrected chi connectivity index (χ3v) is 6.00. The van der Waals surface area contributed by atoms with Crippen LogP contribution in [0.4, 0.5) is 4.79 Å². The average Bonchev–Trinajstić information content (AvgIpc) is 3.14. The number of carbonyl (C=O) groups is 2. The topological polar surface area (TPSA) is 108 Å². The first-order chi connectivity index (χ1) is 16.3. The highest BCUT2D eigenvalue weighted by atomic mass is 32.2. The van der Waals surface area contributed by atoms with E-state index in [0.717, 1.165) is 28.5 Å². The number of methoxy groups -OCH3 is 1. The van der Waals surface area contributed by atoms with Gasteiger partial charge in [0.15, 0.2) is 6.04 Å². The van der Waals surface area contributed by atoms with Gasteiger partial charge in [0.25, 0.3) is 0 Å². The predicted molar refractivity (Wildman–Crippen MR) is 125 cm³/mol. The minimum atomic E-state index is -3.69. The number of benzene rings is 3. The minimum absolute atomic E-state index is 0.0796. The molecule has 0 fully saturated rings. The summed E-state index contributed by atoms with van der Waals surface area (Å²) < 4.78 is 37.7. The van der Waals surface area contributed by atoms with Gasteiger partial charge in [-0.15, -0.1) is 0 Å². The molecule has 1 atom stereocenters. The Kier molecular flexibility index (Phi) is 6.56. The van der Waals surface area contributed by atoms with Crippen LogP contribution in [0, 0.1) is 0 Å². The fourth-order valence-corrected chi connectivity index (χ4v) is 4.51. The molecule has 0 radical (unpaired) electrons. The van der Waals surface area contributed by atoms with Gasteiger partial charge in [-0.05, 0) is 39.9 Å². The van der Waals surface area contributed by atoms with Crippen LogP contribution in [0.15, 0.2) is 72.8 Å². The molecule has 1 aliphatic carbocycles. The van der Waals surface area contributed by atoms with Crippen molar-refractivity contribution in [3.05, 3.63) is 89.5 Å². The Morgan fingerprint density at radius 2 is 1.47 bits per heavy atom. The lowest BCUT2D eigenvalue weighted by Gasteiger charge is -2.19. The van der Waals surface area contributed by atoms with E-state index in [1.54, 1.807) is 0 Å². The summed E-state index contributed by atoms with van der Waals surface area (Å²) in [6, 6.07) is 20.5. The summed E-state index contributed by atoms with van der Waals surface area (Å²) in [4.78, 5) is 25.0. The molecule has 176 valence electrons. The van der Waals surface area contributed by atoms with Crippen molar-refractivity contribution in [2.45, 2.75) is 12.0 Å². The number of amides is 1. The maximum atomic E-state index is 12.6. The Bertz CT molecular complexity index is 1270. The second-order valence-electron chi connectivity index (χ2n) is 7.78. The number of alkyl carbamates (subject to hydrolysis) is 1. The van der Waals surface area contributed by atoms with E-state index in [-0.39, 0.29) is 18.3 Å². The predicted octanol–water partition coefficient (Wildman–Crippen LogP) is 3.78. The minimum Gasteiger partial charge on any atom is -0.467 e. The third-order valence-electron chi connectivity index (χ3n) is 5.50. The number of carbonyl (C=O) groups excluding carboxylic acids is 2. The largest absolute Gasteiger partial charge is 0.467 e. The normalized spacial score (nSPS) is 13.4. The van der Waals surface area contributed by atoms with Crippen molar-refractivity contribution in [1.82, 2.24) is 5.32 Å². The summed E-state index contributed by atoms with van der Waals surface area (Å²) in [7, 11) is -2.49. The summed E-state index contributed by atoms with van der Waals surface area (Å²) in [5, 5.41) is 2.53. The van der Waals surface area contributed by atoms with Gasteiger partial charge in [-0.2, -0.15) is 8.42 Å². The summed E-state index contributed by atoms with van der Waals surface area (Å²) in [6.07, 6.45) is 0.144. The van der Waals surface area contributed by atoms with E-state index < -0.39 is 28.2 Å². The Labute approximate surface area is 197 Å². The molecule has 3 aromatic rings. The van der Waals surface area contributed by atoms with Crippen molar-refractivity contribution in [3.63, 3.8) is 0 Å². The molecular formula is C25H23NO7S. The second kappa shape index (κ2) is 9.56. The molecule has 4 rings (SSSR count). The van der Waals surface area contributed by atoms with Crippen LogP contribution in [-0.4, -0.2) is 40.5 Å². The molecule has 3 aromatic carbocycles. The van der Waals surface area contributed by atoms with Gasteiger partial charge in [-0.3, -0.25) is 0 Å². The number of rotatable bonds is 7. The first kappa shape index (κ1) is 23.3. The number of ether oxygens (including phenoxy) is 2.